The minimum Gasteiger partial charge on any atom is -0.435 e. The fourth-order valence-electron chi connectivity index (χ4n) is 1.25. The summed E-state index contributed by atoms with van der Waals surface area (Å²) >= 11 is 3.25. The predicted molar refractivity (Wildman–Crippen MR) is 64.1 cm³/mol. The summed E-state index contributed by atoms with van der Waals surface area (Å²) in [5.74, 6) is -0.247. The molecular formula is C11H9BrFN3O. The predicted octanol–water partition coefficient (Wildman–Crippen LogP) is 2.63. The molecule has 0 aliphatic rings. The van der Waals surface area contributed by atoms with E-state index in [2.05, 4.69) is 25.9 Å². The molecule has 88 valence electrons. The smallest absolute Gasteiger partial charge is 0.256 e. The minimum absolute atomic E-state index is 0.0987. The van der Waals surface area contributed by atoms with Crippen LogP contribution in [0.5, 0.6) is 11.6 Å². The number of aromatic nitrogens is 2. The first-order chi connectivity index (χ1) is 8.20. The van der Waals surface area contributed by atoms with Gasteiger partial charge in [-0.25, -0.2) is 9.37 Å². The number of pyridine rings is 2. The van der Waals surface area contributed by atoms with E-state index in [0.717, 1.165) is 4.47 Å². The topological polar surface area (TPSA) is 61.0 Å². The molecule has 0 aliphatic carbocycles. The lowest BCUT2D eigenvalue weighted by atomic mass is 10.2. The summed E-state index contributed by atoms with van der Waals surface area (Å²) in [6.07, 6.45) is 4.53. The average Bonchev–Trinajstić information content (AvgIpc) is 2.32. The fraction of sp³-hybridized carbons (Fsp3) is 0.0909. The molecule has 0 aliphatic heterocycles. The van der Waals surface area contributed by atoms with Gasteiger partial charge in [-0.3, -0.25) is 4.98 Å². The first-order valence-corrected chi connectivity index (χ1v) is 5.62. The lowest BCUT2D eigenvalue weighted by molar-refractivity contribution is 0.417. The molecule has 4 nitrogen and oxygen atoms in total. The van der Waals surface area contributed by atoms with Crippen molar-refractivity contribution < 1.29 is 9.13 Å². The Morgan fingerprint density at radius 1 is 1.41 bits per heavy atom. The summed E-state index contributed by atoms with van der Waals surface area (Å²) in [7, 11) is 0. The van der Waals surface area contributed by atoms with Crippen LogP contribution in [0, 0.1) is 5.82 Å². The number of ether oxygens (including phenoxy) is 1. The number of halogens is 2. The van der Waals surface area contributed by atoms with Crippen LogP contribution >= 0.6 is 15.9 Å². The Balaban J connectivity index is 2.30. The van der Waals surface area contributed by atoms with Crippen LogP contribution in [0.4, 0.5) is 4.39 Å². The molecule has 6 heteroatoms. The maximum atomic E-state index is 13.8. The zero-order valence-electron chi connectivity index (χ0n) is 8.73. The second-order valence-electron chi connectivity index (χ2n) is 3.23. The summed E-state index contributed by atoms with van der Waals surface area (Å²) in [6.45, 7) is 0.0987. The van der Waals surface area contributed by atoms with Crippen molar-refractivity contribution >= 4 is 15.9 Å². The second kappa shape index (κ2) is 5.20. The summed E-state index contributed by atoms with van der Waals surface area (Å²) in [4.78, 5) is 7.72. The largest absolute Gasteiger partial charge is 0.435 e. The SMILES string of the molecule is NCc1ccnc(Oc2cncc(Br)c2)c1F. The molecule has 2 heterocycles. The summed E-state index contributed by atoms with van der Waals surface area (Å²) in [6, 6.07) is 3.19. The van der Waals surface area contributed by atoms with E-state index in [9.17, 15) is 4.39 Å². The molecule has 2 rings (SSSR count). The van der Waals surface area contributed by atoms with Gasteiger partial charge in [0.15, 0.2) is 5.82 Å². The van der Waals surface area contributed by atoms with Crippen LogP contribution in [0.3, 0.4) is 0 Å². The van der Waals surface area contributed by atoms with E-state index in [1.807, 2.05) is 0 Å². The van der Waals surface area contributed by atoms with Crippen molar-refractivity contribution in [3.63, 3.8) is 0 Å². The first kappa shape index (κ1) is 11.9. The molecule has 0 saturated heterocycles. The molecule has 0 spiro atoms. The van der Waals surface area contributed by atoms with Gasteiger partial charge in [-0.2, -0.15) is 0 Å². The number of hydrogen-bond donors (Lipinski definition) is 1. The molecule has 2 aromatic heterocycles. The molecule has 0 bridgehead atoms. The van der Waals surface area contributed by atoms with Crippen LogP contribution < -0.4 is 10.5 Å². The molecule has 0 unspecified atom stereocenters. The third-order valence-electron chi connectivity index (χ3n) is 2.05. The standard InChI is InChI=1S/C11H9BrFN3O/c12-8-3-9(6-15-5-8)17-11-10(13)7(4-14)1-2-16-11/h1-3,5-6H,4,14H2. The molecular weight excluding hydrogens is 289 g/mol. The fourth-order valence-corrected chi connectivity index (χ4v) is 1.59. The zero-order valence-corrected chi connectivity index (χ0v) is 10.3. The Labute approximate surface area is 106 Å². The highest BCUT2D eigenvalue weighted by atomic mass is 79.9. The van der Waals surface area contributed by atoms with Crippen molar-refractivity contribution in [2.45, 2.75) is 6.54 Å². The number of rotatable bonds is 3. The van der Waals surface area contributed by atoms with E-state index < -0.39 is 5.82 Å². The van der Waals surface area contributed by atoms with Crippen LogP contribution in [0.25, 0.3) is 0 Å². The van der Waals surface area contributed by atoms with E-state index in [1.165, 1.54) is 18.5 Å². The summed E-state index contributed by atoms with van der Waals surface area (Å²) < 4.78 is 19.8. The number of nitrogens with zero attached hydrogens (tertiary/aromatic N) is 2. The second-order valence-corrected chi connectivity index (χ2v) is 4.15. The van der Waals surface area contributed by atoms with Crippen molar-refractivity contribution in [1.29, 1.82) is 0 Å². The van der Waals surface area contributed by atoms with Crippen molar-refractivity contribution in [1.82, 2.24) is 9.97 Å². The van der Waals surface area contributed by atoms with Crippen LogP contribution in [0.2, 0.25) is 0 Å². The summed E-state index contributed by atoms with van der Waals surface area (Å²) in [5.41, 5.74) is 5.75. The van der Waals surface area contributed by atoms with Crippen molar-refractivity contribution in [2.75, 3.05) is 0 Å². The Bertz CT molecular complexity index is 536. The van der Waals surface area contributed by atoms with E-state index in [-0.39, 0.29) is 12.4 Å². The van der Waals surface area contributed by atoms with Gasteiger partial charge in [0, 0.05) is 29.0 Å². The third kappa shape index (κ3) is 2.78. The number of hydrogen-bond acceptors (Lipinski definition) is 4. The van der Waals surface area contributed by atoms with Gasteiger partial charge in [-0.15, -0.1) is 0 Å². The molecule has 0 amide bonds. The quantitative estimate of drug-likeness (QED) is 0.946. The molecule has 0 saturated carbocycles. The molecule has 17 heavy (non-hydrogen) atoms. The highest BCUT2D eigenvalue weighted by Crippen LogP contribution is 2.25. The average molecular weight is 298 g/mol. The molecule has 2 aromatic rings. The Morgan fingerprint density at radius 3 is 2.94 bits per heavy atom. The normalized spacial score (nSPS) is 10.3. The van der Waals surface area contributed by atoms with Gasteiger partial charge in [0.25, 0.3) is 5.88 Å². The maximum Gasteiger partial charge on any atom is 0.256 e. The van der Waals surface area contributed by atoms with E-state index >= 15 is 0 Å². The van der Waals surface area contributed by atoms with Gasteiger partial charge in [0.1, 0.15) is 5.75 Å². The van der Waals surface area contributed by atoms with Crippen molar-refractivity contribution in [3.8, 4) is 11.6 Å². The zero-order chi connectivity index (χ0) is 12.3. The lowest BCUT2D eigenvalue weighted by Gasteiger charge is -2.07. The van der Waals surface area contributed by atoms with Gasteiger partial charge in [-0.05, 0) is 28.1 Å². The highest BCUT2D eigenvalue weighted by Gasteiger charge is 2.10. The van der Waals surface area contributed by atoms with Gasteiger partial charge in [-0.1, -0.05) is 0 Å². The van der Waals surface area contributed by atoms with Gasteiger partial charge < -0.3 is 10.5 Å². The van der Waals surface area contributed by atoms with E-state index in [0.29, 0.717) is 11.3 Å². The molecule has 2 N–H and O–H groups in total. The summed E-state index contributed by atoms with van der Waals surface area (Å²) in [5, 5.41) is 0. The molecule has 0 atom stereocenters. The molecule has 0 radical (unpaired) electrons. The Hall–Kier alpha value is -1.53. The first-order valence-electron chi connectivity index (χ1n) is 4.82. The molecule has 0 fully saturated rings. The van der Waals surface area contributed by atoms with Crippen LogP contribution in [0.15, 0.2) is 35.2 Å². The van der Waals surface area contributed by atoms with E-state index in [1.54, 1.807) is 12.3 Å². The Morgan fingerprint density at radius 2 is 2.24 bits per heavy atom. The third-order valence-corrected chi connectivity index (χ3v) is 2.49. The van der Waals surface area contributed by atoms with Crippen LogP contribution in [0.1, 0.15) is 5.56 Å². The van der Waals surface area contributed by atoms with Crippen LogP contribution in [-0.2, 0) is 6.54 Å². The Kier molecular flexibility index (Phi) is 3.65. The van der Waals surface area contributed by atoms with E-state index in [4.69, 9.17) is 10.5 Å². The van der Waals surface area contributed by atoms with Gasteiger partial charge in [0.2, 0.25) is 0 Å². The van der Waals surface area contributed by atoms with Crippen molar-refractivity contribution in [3.05, 3.63) is 46.6 Å². The minimum atomic E-state index is -0.546. The lowest BCUT2D eigenvalue weighted by Crippen LogP contribution is -2.02. The van der Waals surface area contributed by atoms with Crippen molar-refractivity contribution in [2.24, 2.45) is 5.73 Å². The maximum absolute atomic E-state index is 13.8. The van der Waals surface area contributed by atoms with Crippen LogP contribution in [-0.4, -0.2) is 9.97 Å². The molecule has 0 aromatic carbocycles. The van der Waals surface area contributed by atoms with Gasteiger partial charge >= 0.3 is 0 Å². The number of nitrogens with two attached hydrogens (primary N) is 1. The highest BCUT2D eigenvalue weighted by molar-refractivity contribution is 9.10. The van der Waals surface area contributed by atoms with Gasteiger partial charge in [0.05, 0.1) is 6.20 Å². The monoisotopic (exact) mass is 297 g/mol.